The number of hydrogen-bond donors (Lipinski definition) is 1. The molecule has 1 aliphatic rings. The number of ether oxygens (including phenoxy) is 1. The Morgan fingerprint density at radius 1 is 1.06 bits per heavy atom. The largest absolute Gasteiger partial charge is 0.486 e. The summed E-state index contributed by atoms with van der Waals surface area (Å²) in [5.41, 5.74) is 2.90. The van der Waals surface area contributed by atoms with Crippen LogP contribution in [0.2, 0.25) is 0 Å². The van der Waals surface area contributed by atoms with E-state index in [-0.39, 0.29) is 17.5 Å². The molecule has 0 saturated carbocycles. The van der Waals surface area contributed by atoms with Crippen LogP contribution >= 0.6 is 0 Å². The van der Waals surface area contributed by atoms with E-state index >= 15 is 0 Å². The molecule has 0 spiro atoms. The minimum atomic E-state index is -0.987. The molecule has 4 nitrogen and oxygen atoms in total. The first kappa shape index (κ1) is 22.9. The molecule has 0 radical (unpaired) electrons. The van der Waals surface area contributed by atoms with Crippen molar-refractivity contribution in [3.8, 4) is 5.75 Å². The van der Waals surface area contributed by atoms with Crippen LogP contribution in [0.4, 0.5) is 15.8 Å². The summed E-state index contributed by atoms with van der Waals surface area (Å²) in [6.45, 7) is 2.80. The van der Waals surface area contributed by atoms with Crippen LogP contribution in [0.1, 0.15) is 48.0 Å². The van der Waals surface area contributed by atoms with Gasteiger partial charge in [0.1, 0.15) is 17.7 Å². The van der Waals surface area contributed by atoms with E-state index in [4.69, 9.17) is 4.74 Å². The van der Waals surface area contributed by atoms with E-state index in [1.807, 2.05) is 11.0 Å². The molecule has 2 atom stereocenters. The number of aromatic carboxylic acids is 1. The highest BCUT2D eigenvalue weighted by Gasteiger charge is 2.27. The average Bonchev–Trinajstić information content (AvgIpc) is 2.88. The topological polar surface area (TPSA) is 49.8 Å². The van der Waals surface area contributed by atoms with E-state index in [2.05, 4.69) is 49.4 Å². The van der Waals surface area contributed by atoms with Gasteiger partial charge >= 0.3 is 5.97 Å². The molecular weight excluding hydrogens is 441 g/mol. The Morgan fingerprint density at radius 3 is 2.71 bits per heavy atom. The van der Waals surface area contributed by atoms with Crippen molar-refractivity contribution in [2.75, 3.05) is 11.4 Å². The Kier molecular flexibility index (Phi) is 6.41. The molecule has 0 amide bonds. The Balaban J connectivity index is 1.32. The van der Waals surface area contributed by atoms with Crippen molar-refractivity contribution in [2.45, 2.75) is 38.2 Å². The molecule has 0 bridgehead atoms. The lowest BCUT2D eigenvalue weighted by atomic mass is 9.90. The first-order valence-corrected chi connectivity index (χ1v) is 12.0. The Labute approximate surface area is 204 Å². The predicted molar refractivity (Wildman–Crippen MR) is 137 cm³/mol. The first-order chi connectivity index (χ1) is 17.0. The van der Waals surface area contributed by atoms with Gasteiger partial charge in [0.2, 0.25) is 0 Å². The molecule has 1 aliphatic heterocycles. The van der Waals surface area contributed by atoms with Crippen LogP contribution in [0.3, 0.4) is 0 Å². The third-order valence-corrected chi connectivity index (χ3v) is 6.81. The second-order valence-corrected chi connectivity index (χ2v) is 9.22. The molecule has 1 heterocycles. The normalized spacial score (nSPS) is 15.9. The van der Waals surface area contributed by atoms with Gasteiger partial charge in [-0.05, 0) is 71.8 Å². The number of benzene rings is 4. The maximum absolute atomic E-state index is 14.1. The number of carboxylic acid groups (broad SMARTS) is 1. The molecule has 35 heavy (non-hydrogen) atoms. The summed E-state index contributed by atoms with van der Waals surface area (Å²) >= 11 is 0. The standard InChI is InChI=1S/C30H28FNO3/c1-20(26-14-6-9-21-8-2-3-13-27(21)26)7-4-12-25-19-32(24-11-5-10-22(17-24)30(33)34)28-18-23(31)15-16-29(28)35-25/h2-3,5-6,8-11,13-18,20,25H,4,7,12,19H2,1H3,(H,33,34)/t20-,25?/m0/s1. The van der Waals surface area contributed by atoms with Gasteiger partial charge in [0.05, 0.1) is 17.8 Å². The molecule has 0 fully saturated rings. The number of hydrogen-bond acceptors (Lipinski definition) is 3. The fourth-order valence-electron chi connectivity index (χ4n) is 5.01. The number of rotatable bonds is 7. The van der Waals surface area contributed by atoms with Crippen LogP contribution in [0.25, 0.3) is 10.8 Å². The molecule has 0 saturated heterocycles. The van der Waals surface area contributed by atoms with Crippen LogP contribution in [0.5, 0.6) is 5.75 Å². The van der Waals surface area contributed by atoms with Crippen LogP contribution in [-0.4, -0.2) is 23.7 Å². The zero-order valence-corrected chi connectivity index (χ0v) is 19.7. The molecule has 1 unspecified atom stereocenters. The van der Waals surface area contributed by atoms with Gasteiger partial charge in [-0.2, -0.15) is 0 Å². The van der Waals surface area contributed by atoms with Gasteiger partial charge in [0.25, 0.3) is 0 Å². The van der Waals surface area contributed by atoms with Crippen LogP contribution in [0.15, 0.2) is 84.9 Å². The monoisotopic (exact) mass is 469 g/mol. The second-order valence-electron chi connectivity index (χ2n) is 9.22. The Hall–Kier alpha value is -3.86. The summed E-state index contributed by atoms with van der Waals surface area (Å²) in [6, 6.07) is 26.2. The summed E-state index contributed by atoms with van der Waals surface area (Å²) in [5, 5.41) is 12.0. The van der Waals surface area contributed by atoms with Crippen LogP contribution < -0.4 is 9.64 Å². The number of carbonyl (C=O) groups is 1. The van der Waals surface area contributed by atoms with Gasteiger partial charge in [0.15, 0.2) is 0 Å². The number of halogens is 1. The molecular formula is C30H28FNO3. The van der Waals surface area contributed by atoms with Gasteiger partial charge in [-0.1, -0.05) is 55.5 Å². The smallest absolute Gasteiger partial charge is 0.335 e. The molecule has 4 aromatic carbocycles. The van der Waals surface area contributed by atoms with Crippen molar-refractivity contribution in [3.05, 3.63) is 102 Å². The van der Waals surface area contributed by atoms with Crippen molar-refractivity contribution in [1.82, 2.24) is 0 Å². The van der Waals surface area contributed by atoms with Gasteiger partial charge < -0.3 is 14.7 Å². The fraction of sp³-hybridized carbons (Fsp3) is 0.233. The lowest BCUT2D eigenvalue weighted by molar-refractivity contribution is 0.0697. The molecule has 0 aliphatic carbocycles. The number of fused-ring (bicyclic) bond motifs is 2. The van der Waals surface area contributed by atoms with E-state index in [0.717, 1.165) is 19.3 Å². The third kappa shape index (κ3) is 4.85. The van der Waals surface area contributed by atoms with Gasteiger partial charge in [-0.15, -0.1) is 0 Å². The van der Waals surface area contributed by atoms with E-state index in [1.165, 1.54) is 28.5 Å². The van der Waals surface area contributed by atoms with E-state index in [0.29, 0.717) is 29.6 Å². The summed E-state index contributed by atoms with van der Waals surface area (Å²) < 4.78 is 20.3. The van der Waals surface area contributed by atoms with Crippen molar-refractivity contribution < 1.29 is 19.0 Å². The van der Waals surface area contributed by atoms with E-state index in [9.17, 15) is 14.3 Å². The van der Waals surface area contributed by atoms with Gasteiger partial charge in [-0.3, -0.25) is 0 Å². The van der Waals surface area contributed by atoms with Crippen molar-refractivity contribution in [3.63, 3.8) is 0 Å². The van der Waals surface area contributed by atoms with E-state index < -0.39 is 5.97 Å². The minimum Gasteiger partial charge on any atom is -0.486 e. The highest BCUT2D eigenvalue weighted by molar-refractivity contribution is 5.89. The summed E-state index contributed by atoms with van der Waals surface area (Å²) in [6.07, 6.45) is 2.77. The van der Waals surface area contributed by atoms with Crippen LogP contribution in [-0.2, 0) is 0 Å². The zero-order chi connectivity index (χ0) is 24.4. The maximum atomic E-state index is 14.1. The minimum absolute atomic E-state index is 0.0823. The molecule has 178 valence electrons. The fourth-order valence-corrected chi connectivity index (χ4v) is 5.01. The summed E-state index contributed by atoms with van der Waals surface area (Å²) in [5.74, 6) is -0.312. The first-order valence-electron chi connectivity index (χ1n) is 12.0. The number of anilines is 2. The molecule has 1 N–H and O–H groups in total. The molecule has 0 aromatic heterocycles. The molecule has 5 heteroatoms. The second kappa shape index (κ2) is 9.79. The number of nitrogens with zero attached hydrogens (tertiary/aromatic N) is 1. The Morgan fingerprint density at radius 2 is 1.86 bits per heavy atom. The zero-order valence-electron chi connectivity index (χ0n) is 19.7. The summed E-state index contributed by atoms with van der Waals surface area (Å²) in [4.78, 5) is 13.5. The average molecular weight is 470 g/mol. The third-order valence-electron chi connectivity index (χ3n) is 6.81. The highest BCUT2D eigenvalue weighted by atomic mass is 19.1. The van der Waals surface area contributed by atoms with Gasteiger partial charge in [-0.25, -0.2) is 9.18 Å². The lowest BCUT2D eigenvalue weighted by Crippen LogP contribution is -2.37. The van der Waals surface area contributed by atoms with E-state index in [1.54, 1.807) is 24.3 Å². The van der Waals surface area contributed by atoms with Crippen molar-refractivity contribution >= 4 is 28.1 Å². The lowest BCUT2D eigenvalue weighted by Gasteiger charge is -2.36. The SMILES string of the molecule is C[C@@H](CCCC1CN(c2cccc(C(=O)O)c2)c2cc(F)ccc2O1)c1cccc2ccccc12. The predicted octanol–water partition coefficient (Wildman–Crippen LogP) is 7.55. The molecule has 4 aromatic rings. The van der Waals surface area contributed by atoms with Crippen LogP contribution in [0, 0.1) is 5.82 Å². The summed E-state index contributed by atoms with van der Waals surface area (Å²) in [7, 11) is 0. The number of carboxylic acids is 1. The maximum Gasteiger partial charge on any atom is 0.335 e. The quantitative estimate of drug-likeness (QED) is 0.304. The van der Waals surface area contributed by atoms with Gasteiger partial charge in [0, 0.05) is 11.8 Å². The van der Waals surface area contributed by atoms with Crippen molar-refractivity contribution in [1.29, 1.82) is 0 Å². The highest BCUT2D eigenvalue weighted by Crippen LogP contribution is 2.40. The Bertz CT molecular complexity index is 1360. The molecule has 5 rings (SSSR count). The van der Waals surface area contributed by atoms with Crippen molar-refractivity contribution in [2.24, 2.45) is 0 Å².